The van der Waals surface area contributed by atoms with Gasteiger partial charge in [-0.05, 0) is 18.9 Å². The van der Waals surface area contributed by atoms with Gasteiger partial charge in [0.1, 0.15) is 0 Å². The summed E-state index contributed by atoms with van der Waals surface area (Å²) in [4.78, 5) is 0. The molecule has 0 spiro atoms. The number of aryl methyl sites for hydroxylation is 1. The monoisotopic (exact) mass is 322 g/mol. The van der Waals surface area contributed by atoms with E-state index < -0.39 is 27.6 Å². The third kappa shape index (κ3) is 2.63. The Morgan fingerprint density at radius 1 is 1.52 bits per heavy atom. The highest BCUT2D eigenvalue weighted by atomic mass is 32.2. The number of sulfonamides is 1. The molecule has 10 heteroatoms. The highest BCUT2D eigenvalue weighted by molar-refractivity contribution is 7.90. The molecule has 0 bridgehead atoms. The third-order valence-electron chi connectivity index (χ3n) is 3.54. The Morgan fingerprint density at radius 3 is 2.67 bits per heavy atom. The Kier molecular flexibility index (Phi) is 3.75. The van der Waals surface area contributed by atoms with Crippen LogP contribution in [0.15, 0.2) is 12.4 Å². The molecule has 0 saturated carbocycles. The highest BCUT2D eigenvalue weighted by Crippen LogP contribution is 2.37. The van der Waals surface area contributed by atoms with Gasteiger partial charge < -0.3 is 0 Å². The second kappa shape index (κ2) is 4.99. The van der Waals surface area contributed by atoms with E-state index >= 15 is 0 Å². The summed E-state index contributed by atoms with van der Waals surface area (Å²) in [6.45, 7) is 1.05. The first-order chi connectivity index (χ1) is 9.62. The summed E-state index contributed by atoms with van der Waals surface area (Å²) in [5, 5.41) is 13.0. The van der Waals surface area contributed by atoms with Crippen LogP contribution in [0.25, 0.3) is 0 Å². The lowest BCUT2D eigenvalue weighted by Crippen LogP contribution is -2.43. The van der Waals surface area contributed by atoms with Gasteiger partial charge in [0.2, 0.25) is 0 Å². The van der Waals surface area contributed by atoms with Crippen molar-refractivity contribution in [1.29, 1.82) is 5.26 Å². The van der Waals surface area contributed by atoms with E-state index in [1.54, 1.807) is 13.1 Å². The zero-order valence-electron chi connectivity index (χ0n) is 11.1. The van der Waals surface area contributed by atoms with Crippen LogP contribution in [0.3, 0.4) is 0 Å². The van der Waals surface area contributed by atoms with Gasteiger partial charge in [-0.1, -0.05) is 0 Å². The van der Waals surface area contributed by atoms with E-state index in [-0.39, 0.29) is 19.4 Å². The van der Waals surface area contributed by atoms with Gasteiger partial charge in [-0.3, -0.25) is 4.68 Å². The molecular weight excluding hydrogens is 309 g/mol. The van der Waals surface area contributed by atoms with Gasteiger partial charge in [-0.15, -0.1) is 0 Å². The largest absolute Gasteiger partial charge is 0.511 e. The maximum absolute atomic E-state index is 12.6. The summed E-state index contributed by atoms with van der Waals surface area (Å²) in [5.74, 6) is 0. The van der Waals surface area contributed by atoms with Gasteiger partial charge in [0.15, 0.2) is 0 Å². The standard InChI is InChI=1S/C11H13F3N4O2S/c1-9-6-16-18(7-9)10(2-4-15)3-5-17(8-10)21(19,20)11(12,13)14/h6-7H,2-3,5,8H2,1H3. The molecule has 1 aliphatic rings. The maximum Gasteiger partial charge on any atom is 0.511 e. The zero-order valence-corrected chi connectivity index (χ0v) is 11.9. The van der Waals surface area contributed by atoms with E-state index in [0.29, 0.717) is 4.31 Å². The molecule has 1 unspecified atom stereocenters. The molecule has 0 aliphatic carbocycles. The van der Waals surface area contributed by atoms with Crippen molar-refractivity contribution in [3.63, 3.8) is 0 Å². The quantitative estimate of drug-likeness (QED) is 0.841. The van der Waals surface area contributed by atoms with Crippen LogP contribution < -0.4 is 0 Å². The van der Waals surface area contributed by atoms with E-state index in [9.17, 15) is 21.6 Å². The summed E-state index contributed by atoms with van der Waals surface area (Å²) < 4.78 is 62.6. The van der Waals surface area contributed by atoms with Gasteiger partial charge in [0, 0.05) is 19.3 Å². The van der Waals surface area contributed by atoms with Crippen molar-refractivity contribution in [3.8, 4) is 6.07 Å². The number of hydrogen-bond acceptors (Lipinski definition) is 4. The molecule has 0 N–H and O–H groups in total. The van der Waals surface area contributed by atoms with Crippen molar-refractivity contribution in [2.75, 3.05) is 13.1 Å². The first-order valence-corrected chi connectivity index (χ1v) is 7.51. The molecule has 2 rings (SSSR count). The van der Waals surface area contributed by atoms with Crippen LogP contribution in [-0.4, -0.2) is 41.1 Å². The van der Waals surface area contributed by atoms with Gasteiger partial charge >= 0.3 is 15.5 Å². The van der Waals surface area contributed by atoms with Gasteiger partial charge in [0.25, 0.3) is 0 Å². The van der Waals surface area contributed by atoms with Crippen molar-refractivity contribution < 1.29 is 21.6 Å². The van der Waals surface area contributed by atoms with Crippen LogP contribution in [0.2, 0.25) is 0 Å². The number of hydrogen-bond donors (Lipinski definition) is 0. The summed E-state index contributed by atoms with van der Waals surface area (Å²) in [7, 11) is -5.38. The minimum atomic E-state index is -5.38. The number of halogens is 3. The molecule has 1 saturated heterocycles. The van der Waals surface area contributed by atoms with Gasteiger partial charge in [0.05, 0.1) is 24.2 Å². The Morgan fingerprint density at radius 2 is 2.19 bits per heavy atom. The number of nitriles is 1. The Hall–Kier alpha value is -1.60. The second-order valence-corrected chi connectivity index (χ2v) is 6.99. The molecule has 0 aromatic carbocycles. The molecule has 6 nitrogen and oxygen atoms in total. The van der Waals surface area contributed by atoms with Crippen LogP contribution >= 0.6 is 0 Å². The fraction of sp³-hybridized carbons (Fsp3) is 0.636. The van der Waals surface area contributed by atoms with Crippen molar-refractivity contribution in [1.82, 2.24) is 14.1 Å². The Bertz CT molecular complexity index is 676. The fourth-order valence-electron chi connectivity index (χ4n) is 2.40. The van der Waals surface area contributed by atoms with E-state index in [0.717, 1.165) is 5.56 Å². The molecule has 1 atom stereocenters. The lowest BCUT2D eigenvalue weighted by atomic mass is 9.95. The Balaban J connectivity index is 2.35. The molecule has 21 heavy (non-hydrogen) atoms. The van der Waals surface area contributed by atoms with E-state index in [1.807, 2.05) is 6.07 Å². The lowest BCUT2D eigenvalue weighted by Gasteiger charge is -2.27. The van der Waals surface area contributed by atoms with Crippen molar-refractivity contribution >= 4 is 10.0 Å². The topological polar surface area (TPSA) is 79.0 Å². The number of nitrogens with zero attached hydrogens (tertiary/aromatic N) is 4. The van der Waals surface area contributed by atoms with Gasteiger partial charge in [-0.2, -0.15) is 27.8 Å². The second-order valence-electron chi connectivity index (χ2n) is 5.06. The molecular formula is C11H13F3N4O2S. The number of aromatic nitrogens is 2. The molecule has 0 radical (unpaired) electrons. The molecule has 1 aliphatic heterocycles. The van der Waals surface area contributed by atoms with E-state index in [4.69, 9.17) is 5.26 Å². The third-order valence-corrected chi connectivity index (χ3v) is 5.11. The summed E-state index contributed by atoms with van der Waals surface area (Å²) in [6.07, 6.45) is 3.11. The molecule has 1 fully saturated rings. The van der Waals surface area contributed by atoms with Crippen LogP contribution in [-0.2, 0) is 15.6 Å². The van der Waals surface area contributed by atoms with Crippen LogP contribution in [0.4, 0.5) is 13.2 Å². The average Bonchev–Trinajstić information content (AvgIpc) is 2.96. The van der Waals surface area contributed by atoms with Crippen molar-refractivity contribution in [3.05, 3.63) is 18.0 Å². The normalized spacial score (nSPS) is 24.1. The molecule has 2 heterocycles. The summed E-state index contributed by atoms with van der Waals surface area (Å²) >= 11 is 0. The predicted molar refractivity (Wildman–Crippen MR) is 66.3 cm³/mol. The lowest BCUT2D eigenvalue weighted by molar-refractivity contribution is -0.0485. The van der Waals surface area contributed by atoms with E-state index in [2.05, 4.69) is 5.10 Å². The summed E-state index contributed by atoms with van der Waals surface area (Å²) in [6, 6.07) is 1.91. The average molecular weight is 322 g/mol. The van der Waals surface area contributed by atoms with Crippen LogP contribution in [0, 0.1) is 18.3 Å². The minimum absolute atomic E-state index is 0.108. The SMILES string of the molecule is Cc1cnn(C2(CC#N)CCN(S(=O)(=O)C(F)(F)F)C2)c1. The molecule has 116 valence electrons. The van der Waals surface area contributed by atoms with Crippen LogP contribution in [0.1, 0.15) is 18.4 Å². The maximum atomic E-state index is 12.6. The smallest absolute Gasteiger partial charge is 0.264 e. The first kappa shape index (κ1) is 15.8. The highest BCUT2D eigenvalue weighted by Gasteiger charge is 2.55. The van der Waals surface area contributed by atoms with Crippen molar-refractivity contribution in [2.45, 2.75) is 30.8 Å². The molecule has 0 amide bonds. The first-order valence-electron chi connectivity index (χ1n) is 6.07. The molecule has 1 aromatic heterocycles. The number of rotatable bonds is 3. The van der Waals surface area contributed by atoms with Crippen molar-refractivity contribution in [2.24, 2.45) is 0 Å². The van der Waals surface area contributed by atoms with Gasteiger partial charge in [-0.25, -0.2) is 8.42 Å². The zero-order chi connectivity index (χ0) is 15.9. The molecule has 1 aromatic rings. The summed E-state index contributed by atoms with van der Waals surface area (Å²) in [5.41, 5.74) is -5.61. The van der Waals surface area contributed by atoms with Crippen LogP contribution in [0.5, 0.6) is 0 Å². The number of alkyl halides is 3. The predicted octanol–water partition coefficient (Wildman–Crippen LogP) is 1.36. The Labute approximate surface area is 119 Å². The van der Waals surface area contributed by atoms with E-state index in [1.165, 1.54) is 10.9 Å². The minimum Gasteiger partial charge on any atom is -0.264 e. The fourth-order valence-corrected chi connectivity index (χ4v) is 3.44.